The van der Waals surface area contributed by atoms with E-state index in [9.17, 15) is 14.4 Å². The Morgan fingerprint density at radius 3 is 2.76 bits per heavy atom. The Kier molecular flexibility index (Phi) is 4.93. The molecule has 1 N–H and O–H groups in total. The van der Waals surface area contributed by atoms with E-state index in [2.05, 4.69) is 5.32 Å². The van der Waals surface area contributed by atoms with Crippen molar-refractivity contribution in [1.29, 1.82) is 0 Å². The lowest BCUT2D eigenvalue weighted by Crippen LogP contribution is -2.47. The number of carbonyl (C=O) groups is 3. The molecule has 0 aromatic rings. The molecule has 96 valence electrons. The van der Waals surface area contributed by atoms with Gasteiger partial charge >= 0.3 is 5.97 Å². The minimum Gasteiger partial charge on any atom is -0.464 e. The van der Waals surface area contributed by atoms with Crippen LogP contribution in [0.5, 0.6) is 0 Å². The average molecular weight is 242 g/mol. The van der Waals surface area contributed by atoms with E-state index in [1.165, 1.54) is 4.90 Å². The largest absolute Gasteiger partial charge is 0.464 e. The van der Waals surface area contributed by atoms with Crippen molar-refractivity contribution in [2.45, 2.75) is 38.8 Å². The van der Waals surface area contributed by atoms with E-state index >= 15 is 0 Å². The number of hydrogen-bond donors (Lipinski definition) is 1. The maximum absolute atomic E-state index is 11.8. The van der Waals surface area contributed by atoms with E-state index in [0.29, 0.717) is 19.4 Å². The van der Waals surface area contributed by atoms with E-state index in [-0.39, 0.29) is 24.5 Å². The van der Waals surface area contributed by atoms with Crippen LogP contribution >= 0.6 is 0 Å². The van der Waals surface area contributed by atoms with Crippen molar-refractivity contribution in [2.75, 3.05) is 13.2 Å². The van der Waals surface area contributed by atoms with Crippen LogP contribution < -0.4 is 5.32 Å². The first kappa shape index (κ1) is 13.5. The van der Waals surface area contributed by atoms with Crippen LogP contribution in [0.1, 0.15) is 26.7 Å². The summed E-state index contributed by atoms with van der Waals surface area (Å²) in [5.74, 6) is -0.614. The first-order chi connectivity index (χ1) is 8.11. The van der Waals surface area contributed by atoms with Gasteiger partial charge in [0, 0.05) is 6.04 Å². The summed E-state index contributed by atoms with van der Waals surface area (Å²) in [6.45, 7) is 3.84. The zero-order valence-corrected chi connectivity index (χ0v) is 10.1. The summed E-state index contributed by atoms with van der Waals surface area (Å²) in [6, 6.07) is -0.503. The predicted octanol–water partition coefficient (Wildman–Crippen LogP) is -0.325. The van der Waals surface area contributed by atoms with Crippen molar-refractivity contribution in [2.24, 2.45) is 0 Å². The number of carbonyl (C=O) groups excluding carboxylic acids is 3. The summed E-state index contributed by atoms with van der Waals surface area (Å²) in [4.78, 5) is 35.2. The molecule has 0 spiro atoms. The number of esters is 1. The zero-order chi connectivity index (χ0) is 12.8. The normalized spacial score (nSPS) is 23.3. The average Bonchev–Trinajstić information content (AvgIpc) is 2.68. The molecular formula is C11H18N2O4. The molecule has 6 nitrogen and oxygen atoms in total. The molecule has 2 amide bonds. The van der Waals surface area contributed by atoms with Crippen LogP contribution in [0.25, 0.3) is 0 Å². The molecule has 0 radical (unpaired) electrons. The molecule has 17 heavy (non-hydrogen) atoms. The third-order valence-corrected chi connectivity index (χ3v) is 2.85. The summed E-state index contributed by atoms with van der Waals surface area (Å²) in [5.41, 5.74) is 0. The van der Waals surface area contributed by atoms with Crippen molar-refractivity contribution < 1.29 is 19.1 Å². The second kappa shape index (κ2) is 6.22. The van der Waals surface area contributed by atoms with E-state index in [4.69, 9.17) is 4.74 Å². The highest BCUT2D eigenvalue weighted by Crippen LogP contribution is 2.24. The Labute approximate surface area is 100 Å². The van der Waals surface area contributed by atoms with Gasteiger partial charge in [-0.2, -0.15) is 0 Å². The second-order valence-electron chi connectivity index (χ2n) is 3.99. The van der Waals surface area contributed by atoms with Crippen molar-refractivity contribution in [1.82, 2.24) is 10.2 Å². The lowest BCUT2D eigenvalue weighted by Gasteiger charge is -2.27. The van der Waals surface area contributed by atoms with Crippen LogP contribution in [-0.2, 0) is 19.1 Å². The van der Waals surface area contributed by atoms with Crippen LogP contribution in [0.3, 0.4) is 0 Å². The van der Waals surface area contributed by atoms with E-state index in [0.717, 1.165) is 6.42 Å². The van der Waals surface area contributed by atoms with Crippen molar-refractivity contribution >= 4 is 18.3 Å². The Hall–Kier alpha value is -1.59. The highest BCUT2D eigenvalue weighted by atomic mass is 16.5. The van der Waals surface area contributed by atoms with E-state index in [1.807, 2.05) is 6.92 Å². The molecule has 0 aliphatic carbocycles. The number of hydrogen-bond acceptors (Lipinski definition) is 4. The lowest BCUT2D eigenvalue weighted by molar-refractivity contribution is -0.153. The molecule has 1 saturated heterocycles. The van der Waals surface area contributed by atoms with Gasteiger partial charge in [0.2, 0.25) is 12.3 Å². The van der Waals surface area contributed by atoms with E-state index in [1.54, 1.807) is 6.92 Å². The molecule has 1 rings (SSSR count). The molecule has 0 aromatic carbocycles. The monoisotopic (exact) mass is 242 g/mol. The number of likely N-dealkylation sites (tertiary alicyclic amines) is 1. The Morgan fingerprint density at radius 2 is 2.18 bits per heavy atom. The van der Waals surface area contributed by atoms with Gasteiger partial charge in [0.15, 0.2) is 0 Å². The third-order valence-electron chi connectivity index (χ3n) is 2.85. The summed E-state index contributed by atoms with van der Waals surface area (Å²) >= 11 is 0. The minimum atomic E-state index is -0.508. The fraction of sp³-hybridized carbons (Fsp3) is 0.727. The SMILES string of the molecule is CCOC(=O)C1CCC(C)N1C(=O)CNC=O. The van der Waals surface area contributed by atoms with Gasteiger partial charge in [0.05, 0.1) is 13.2 Å². The molecule has 1 heterocycles. The smallest absolute Gasteiger partial charge is 0.328 e. The number of ether oxygens (including phenoxy) is 1. The first-order valence-corrected chi connectivity index (χ1v) is 5.76. The summed E-state index contributed by atoms with van der Waals surface area (Å²) in [5, 5.41) is 2.31. The fourth-order valence-corrected chi connectivity index (χ4v) is 2.09. The van der Waals surface area contributed by atoms with E-state index < -0.39 is 6.04 Å². The Morgan fingerprint density at radius 1 is 1.47 bits per heavy atom. The number of amides is 2. The van der Waals surface area contributed by atoms with Gasteiger partial charge in [-0.25, -0.2) is 4.79 Å². The molecule has 0 saturated carbocycles. The molecule has 1 fully saturated rings. The van der Waals surface area contributed by atoms with Gasteiger partial charge in [-0.15, -0.1) is 0 Å². The van der Waals surface area contributed by atoms with Crippen LogP contribution in [0.15, 0.2) is 0 Å². The first-order valence-electron chi connectivity index (χ1n) is 5.76. The van der Waals surface area contributed by atoms with Gasteiger partial charge in [0.1, 0.15) is 6.04 Å². The summed E-state index contributed by atoms with van der Waals surface area (Å²) < 4.78 is 4.94. The Balaban J connectivity index is 2.67. The molecule has 1 aliphatic heterocycles. The minimum absolute atomic E-state index is 0.00496. The fourth-order valence-electron chi connectivity index (χ4n) is 2.09. The number of nitrogens with one attached hydrogen (secondary N) is 1. The highest BCUT2D eigenvalue weighted by Gasteiger charge is 2.39. The van der Waals surface area contributed by atoms with Gasteiger partial charge in [-0.3, -0.25) is 9.59 Å². The lowest BCUT2D eigenvalue weighted by atomic mass is 10.2. The number of rotatable bonds is 5. The third kappa shape index (κ3) is 3.18. The van der Waals surface area contributed by atoms with Crippen LogP contribution in [-0.4, -0.2) is 48.4 Å². The predicted molar refractivity (Wildman–Crippen MR) is 60.0 cm³/mol. The highest BCUT2D eigenvalue weighted by molar-refractivity contribution is 5.87. The maximum Gasteiger partial charge on any atom is 0.328 e. The van der Waals surface area contributed by atoms with Crippen LogP contribution in [0.2, 0.25) is 0 Å². The second-order valence-corrected chi connectivity index (χ2v) is 3.99. The molecule has 6 heteroatoms. The molecule has 0 bridgehead atoms. The van der Waals surface area contributed by atoms with Gasteiger partial charge in [-0.05, 0) is 26.7 Å². The van der Waals surface area contributed by atoms with Crippen molar-refractivity contribution in [3.05, 3.63) is 0 Å². The summed E-state index contributed by atoms with van der Waals surface area (Å²) in [6.07, 6.45) is 1.86. The molecule has 2 atom stereocenters. The topological polar surface area (TPSA) is 75.7 Å². The van der Waals surface area contributed by atoms with Gasteiger partial charge in [0.25, 0.3) is 0 Å². The zero-order valence-electron chi connectivity index (χ0n) is 10.1. The Bertz CT molecular complexity index is 306. The van der Waals surface area contributed by atoms with Crippen LogP contribution in [0.4, 0.5) is 0 Å². The van der Waals surface area contributed by atoms with Crippen molar-refractivity contribution in [3.63, 3.8) is 0 Å². The van der Waals surface area contributed by atoms with Crippen molar-refractivity contribution in [3.8, 4) is 0 Å². The molecular weight excluding hydrogens is 224 g/mol. The quantitative estimate of drug-likeness (QED) is 0.529. The molecule has 1 aliphatic rings. The van der Waals surface area contributed by atoms with Gasteiger partial charge in [-0.1, -0.05) is 0 Å². The maximum atomic E-state index is 11.8. The molecule has 2 unspecified atom stereocenters. The van der Waals surface area contributed by atoms with Crippen LogP contribution in [0, 0.1) is 0 Å². The summed E-state index contributed by atoms with van der Waals surface area (Å²) in [7, 11) is 0. The molecule has 0 aromatic heterocycles. The van der Waals surface area contributed by atoms with Gasteiger partial charge < -0.3 is 15.0 Å². The standard InChI is InChI=1S/C11H18N2O4/c1-3-17-11(16)9-5-4-8(2)13(9)10(15)6-12-7-14/h7-9H,3-6H2,1-2H3,(H,12,14). The number of nitrogens with zero attached hydrogens (tertiary/aromatic N) is 1.